The van der Waals surface area contributed by atoms with Crippen molar-refractivity contribution in [3.8, 4) is 16.9 Å². The Hall–Kier alpha value is -2.36. The molecule has 0 radical (unpaired) electrons. The Bertz CT molecular complexity index is 578. The highest BCUT2D eigenvalue weighted by Crippen LogP contribution is 2.23. The van der Waals surface area contributed by atoms with Crippen molar-refractivity contribution in [2.45, 2.75) is 13.0 Å². The summed E-state index contributed by atoms with van der Waals surface area (Å²) in [4.78, 5) is 10.7. The van der Waals surface area contributed by atoms with Crippen LogP contribution in [0.2, 0.25) is 0 Å². The van der Waals surface area contributed by atoms with Crippen molar-refractivity contribution in [2.24, 2.45) is 0 Å². The molecule has 0 saturated heterocycles. The van der Waals surface area contributed by atoms with Crippen molar-refractivity contribution in [2.75, 3.05) is 0 Å². The van der Waals surface area contributed by atoms with Crippen LogP contribution in [0.25, 0.3) is 11.1 Å². The number of hydrogen-bond donors (Lipinski definition) is 1. The second-order valence-corrected chi connectivity index (χ2v) is 4.13. The summed E-state index contributed by atoms with van der Waals surface area (Å²) in [6.07, 6.45) is -0.903. The predicted molar refractivity (Wildman–Crippen MR) is 69.6 cm³/mol. The van der Waals surface area contributed by atoms with E-state index in [1.165, 1.54) is 19.1 Å². The third kappa shape index (κ3) is 3.31. The Morgan fingerprint density at radius 2 is 1.84 bits per heavy atom. The van der Waals surface area contributed by atoms with Gasteiger partial charge in [0.15, 0.2) is 6.10 Å². The van der Waals surface area contributed by atoms with E-state index in [1.54, 1.807) is 36.4 Å². The van der Waals surface area contributed by atoms with Crippen molar-refractivity contribution in [3.05, 3.63) is 54.3 Å². The number of rotatable bonds is 4. The smallest absolute Gasteiger partial charge is 0.344 e. The van der Waals surface area contributed by atoms with E-state index in [0.717, 1.165) is 11.1 Å². The maximum Gasteiger partial charge on any atom is 0.344 e. The number of halogens is 1. The lowest BCUT2D eigenvalue weighted by Crippen LogP contribution is -2.22. The molecular weight excluding hydrogens is 247 g/mol. The maximum absolute atomic E-state index is 13.1. The van der Waals surface area contributed by atoms with Gasteiger partial charge in [-0.3, -0.25) is 0 Å². The zero-order chi connectivity index (χ0) is 13.8. The zero-order valence-corrected chi connectivity index (χ0v) is 10.3. The highest BCUT2D eigenvalue weighted by atomic mass is 19.1. The normalized spacial score (nSPS) is 11.9. The summed E-state index contributed by atoms with van der Waals surface area (Å²) in [5, 5.41) is 8.74. The molecule has 0 aliphatic rings. The molecular formula is C15H13FO3. The van der Waals surface area contributed by atoms with Crippen LogP contribution in [-0.2, 0) is 4.79 Å². The fourth-order valence-corrected chi connectivity index (χ4v) is 1.65. The Morgan fingerprint density at radius 1 is 1.16 bits per heavy atom. The SMILES string of the molecule is CC(Oc1ccc(-c2cccc(F)c2)cc1)C(=O)O. The van der Waals surface area contributed by atoms with Gasteiger partial charge in [-0.25, -0.2) is 9.18 Å². The van der Waals surface area contributed by atoms with Crippen LogP contribution in [-0.4, -0.2) is 17.2 Å². The van der Waals surface area contributed by atoms with Crippen LogP contribution in [0.5, 0.6) is 5.75 Å². The Balaban J connectivity index is 2.17. The summed E-state index contributed by atoms with van der Waals surface area (Å²) in [6, 6.07) is 13.1. The molecule has 2 aromatic carbocycles. The average Bonchev–Trinajstić information content (AvgIpc) is 2.39. The van der Waals surface area contributed by atoms with Gasteiger partial charge in [0.25, 0.3) is 0 Å². The van der Waals surface area contributed by atoms with Gasteiger partial charge in [0, 0.05) is 0 Å². The van der Waals surface area contributed by atoms with E-state index in [4.69, 9.17) is 9.84 Å². The molecule has 0 heterocycles. The van der Waals surface area contributed by atoms with E-state index in [0.29, 0.717) is 5.75 Å². The zero-order valence-electron chi connectivity index (χ0n) is 10.3. The molecule has 1 N–H and O–H groups in total. The van der Waals surface area contributed by atoms with Crippen LogP contribution in [0.3, 0.4) is 0 Å². The van der Waals surface area contributed by atoms with Crippen LogP contribution in [0.4, 0.5) is 4.39 Å². The summed E-state index contributed by atoms with van der Waals surface area (Å²) in [6.45, 7) is 1.46. The fraction of sp³-hybridized carbons (Fsp3) is 0.133. The molecule has 1 unspecified atom stereocenters. The number of ether oxygens (including phenoxy) is 1. The molecule has 0 aromatic heterocycles. The quantitative estimate of drug-likeness (QED) is 0.917. The molecule has 0 aliphatic carbocycles. The molecule has 19 heavy (non-hydrogen) atoms. The minimum absolute atomic E-state index is 0.294. The Morgan fingerprint density at radius 3 is 2.42 bits per heavy atom. The van der Waals surface area contributed by atoms with Crippen LogP contribution < -0.4 is 4.74 Å². The molecule has 2 aromatic rings. The van der Waals surface area contributed by atoms with E-state index in [9.17, 15) is 9.18 Å². The largest absolute Gasteiger partial charge is 0.479 e. The fourth-order valence-electron chi connectivity index (χ4n) is 1.65. The highest BCUT2D eigenvalue weighted by Gasteiger charge is 2.12. The molecule has 1 atom stereocenters. The predicted octanol–water partition coefficient (Wildman–Crippen LogP) is 3.34. The van der Waals surface area contributed by atoms with Gasteiger partial charge in [0.05, 0.1) is 0 Å². The van der Waals surface area contributed by atoms with Crippen molar-refractivity contribution in [1.82, 2.24) is 0 Å². The summed E-state index contributed by atoms with van der Waals surface area (Å²) in [7, 11) is 0. The first-order chi connectivity index (χ1) is 9.06. The molecule has 98 valence electrons. The monoisotopic (exact) mass is 260 g/mol. The van der Waals surface area contributed by atoms with Crippen molar-refractivity contribution < 1.29 is 19.0 Å². The lowest BCUT2D eigenvalue weighted by Gasteiger charge is -2.10. The molecule has 0 spiro atoms. The molecule has 0 fully saturated rings. The van der Waals surface area contributed by atoms with Crippen molar-refractivity contribution in [1.29, 1.82) is 0 Å². The molecule has 0 amide bonds. The Labute approximate surface area is 110 Å². The average molecular weight is 260 g/mol. The van der Waals surface area contributed by atoms with Crippen molar-refractivity contribution in [3.63, 3.8) is 0 Å². The van der Waals surface area contributed by atoms with Gasteiger partial charge in [0.2, 0.25) is 0 Å². The maximum atomic E-state index is 13.1. The minimum atomic E-state index is -1.02. The minimum Gasteiger partial charge on any atom is -0.479 e. The molecule has 0 aliphatic heterocycles. The van der Waals surface area contributed by atoms with Crippen LogP contribution >= 0.6 is 0 Å². The number of benzene rings is 2. The standard InChI is InChI=1S/C15H13FO3/c1-10(15(17)18)19-14-7-5-11(6-8-14)12-3-2-4-13(16)9-12/h2-10H,1H3,(H,17,18). The van der Waals surface area contributed by atoms with Gasteiger partial charge >= 0.3 is 5.97 Å². The Kier molecular flexibility index (Phi) is 3.80. The van der Waals surface area contributed by atoms with E-state index < -0.39 is 12.1 Å². The second-order valence-electron chi connectivity index (χ2n) is 4.13. The van der Waals surface area contributed by atoms with Crippen LogP contribution in [0, 0.1) is 5.82 Å². The molecule has 2 rings (SSSR count). The molecule has 0 saturated carbocycles. The number of carboxylic acids is 1. The topological polar surface area (TPSA) is 46.5 Å². The number of aliphatic carboxylic acids is 1. The van der Waals surface area contributed by atoms with E-state index >= 15 is 0 Å². The molecule has 3 nitrogen and oxygen atoms in total. The van der Waals surface area contributed by atoms with Gasteiger partial charge in [-0.2, -0.15) is 0 Å². The first kappa shape index (κ1) is 13.1. The van der Waals surface area contributed by atoms with Gasteiger partial charge in [0.1, 0.15) is 11.6 Å². The third-order valence-corrected chi connectivity index (χ3v) is 2.67. The summed E-state index contributed by atoms with van der Waals surface area (Å²) in [5.41, 5.74) is 1.60. The lowest BCUT2D eigenvalue weighted by molar-refractivity contribution is -0.144. The lowest BCUT2D eigenvalue weighted by atomic mass is 10.1. The number of carbonyl (C=O) groups is 1. The second kappa shape index (κ2) is 5.52. The number of carboxylic acid groups (broad SMARTS) is 1. The highest BCUT2D eigenvalue weighted by molar-refractivity contribution is 5.72. The molecule has 4 heteroatoms. The van der Waals surface area contributed by atoms with Gasteiger partial charge in [-0.15, -0.1) is 0 Å². The van der Waals surface area contributed by atoms with Crippen LogP contribution in [0.15, 0.2) is 48.5 Å². The van der Waals surface area contributed by atoms with Crippen molar-refractivity contribution >= 4 is 5.97 Å². The van der Waals surface area contributed by atoms with Gasteiger partial charge in [-0.05, 0) is 42.3 Å². The summed E-state index contributed by atoms with van der Waals surface area (Å²) >= 11 is 0. The number of hydrogen-bond acceptors (Lipinski definition) is 2. The van der Waals surface area contributed by atoms with Gasteiger partial charge < -0.3 is 9.84 Å². The first-order valence-corrected chi connectivity index (χ1v) is 5.82. The summed E-state index contributed by atoms with van der Waals surface area (Å²) in [5.74, 6) is -0.846. The third-order valence-electron chi connectivity index (χ3n) is 2.67. The molecule has 0 bridgehead atoms. The van der Waals surface area contributed by atoms with Gasteiger partial charge in [-0.1, -0.05) is 24.3 Å². The van der Waals surface area contributed by atoms with E-state index in [-0.39, 0.29) is 5.82 Å². The van der Waals surface area contributed by atoms with E-state index in [1.807, 2.05) is 0 Å². The summed E-state index contributed by atoms with van der Waals surface area (Å²) < 4.78 is 18.3. The van der Waals surface area contributed by atoms with Crippen LogP contribution in [0.1, 0.15) is 6.92 Å². The van der Waals surface area contributed by atoms with E-state index in [2.05, 4.69) is 0 Å². The first-order valence-electron chi connectivity index (χ1n) is 5.82.